The lowest BCUT2D eigenvalue weighted by Crippen LogP contribution is -2.22. The van der Waals surface area contributed by atoms with Crippen LogP contribution >= 0.6 is 0 Å². The molecule has 1 saturated carbocycles. The summed E-state index contributed by atoms with van der Waals surface area (Å²) in [5, 5.41) is 0. The molecule has 2 aromatic rings. The van der Waals surface area contributed by atoms with E-state index >= 15 is 0 Å². The summed E-state index contributed by atoms with van der Waals surface area (Å²) in [7, 11) is 0. The number of nitrogens with zero attached hydrogens (tertiary/aromatic N) is 4. The van der Waals surface area contributed by atoms with Gasteiger partial charge < -0.3 is 4.90 Å². The van der Waals surface area contributed by atoms with Crippen LogP contribution in [-0.2, 0) is 4.79 Å². The number of hydrogen-bond acceptors (Lipinski definition) is 5. The molecule has 2 fully saturated rings. The average molecular weight is 411 g/mol. The Morgan fingerprint density at radius 1 is 1.26 bits per heavy atom. The summed E-state index contributed by atoms with van der Waals surface area (Å²) < 4.78 is 0. The fraction of sp³-hybridized carbons (Fsp3) is 0.308. The van der Waals surface area contributed by atoms with Gasteiger partial charge in [0.2, 0.25) is 5.95 Å². The van der Waals surface area contributed by atoms with Crippen molar-refractivity contribution in [1.29, 1.82) is 0 Å². The second-order valence-corrected chi connectivity index (χ2v) is 8.27. The molecule has 0 N–H and O–H groups in total. The number of carbonyl (C=O) groups excluding carboxylic acids is 1. The number of allylic oxidation sites excluding steroid dienone is 5. The van der Waals surface area contributed by atoms with Gasteiger partial charge in [0.15, 0.2) is 5.78 Å². The zero-order valence-corrected chi connectivity index (χ0v) is 18.0. The molecule has 0 bridgehead atoms. The Kier molecular flexibility index (Phi) is 5.81. The topological polar surface area (TPSA) is 59.0 Å². The van der Waals surface area contributed by atoms with Crippen molar-refractivity contribution in [2.45, 2.75) is 33.1 Å². The third kappa shape index (κ3) is 4.49. The van der Waals surface area contributed by atoms with Gasteiger partial charge in [0, 0.05) is 49.1 Å². The van der Waals surface area contributed by atoms with Gasteiger partial charge in [-0.05, 0) is 50.5 Å². The number of ketones is 1. The zero-order chi connectivity index (χ0) is 21.8. The molecular formula is C26H26N4O. The normalized spacial score (nSPS) is 19.0. The molecule has 4 rings (SSSR count). The third-order valence-electron chi connectivity index (χ3n) is 6.11. The van der Waals surface area contributed by atoms with E-state index in [2.05, 4.69) is 25.8 Å². The maximum Gasteiger partial charge on any atom is 0.225 e. The lowest BCUT2D eigenvalue weighted by atomic mass is 9.98. The molecule has 156 valence electrons. The minimum Gasteiger partial charge on any atom is -0.336 e. The molecule has 3 heterocycles. The zero-order valence-electron chi connectivity index (χ0n) is 18.0. The van der Waals surface area contributed by atoms with Crippen molar-refractivity contribution in [2.75, 3.05) is 18.0 Å². The van der Waals surface area contributed by atoms with Crippen molar-refractivity contribution < 1.29 is 4.79 Å². The van der Waals surface area contributed by atoms with Crippen LogP contribution < -0.4 is 4.90 Å². The van der Waals surface area contributed by atoms with Crippen LogP contribution in [0.5, 0.6) is 0 Å². The largest absolute Gasteiger partial charge is 0.336 e. The fourth-order valence-corrected chi connectivity index (χ4v) is 3.90. The van der Waals surface area contributed by atoms with Gasteiger partial charge in [-0.3, -0.25) is 9.78 Å². The molecule has 0 unspecified atom stereocenters. The lowest BCUT2D eigenvalue weighted by Gasteiger charge is -2.15. The molecule has 5 nitrogen and oxygen atoms in total. The van der Waals surface area contributed by atoms with Crippen LogP contribution in [0, 0.1) is 17.8 Å². The van der Waals surface area contributed by atoms with Gasteiger partial charge in [-0.1, -0.05) is 29.7 Å². The first-order chi connectivity index (χ1) is 15.0. The predicted molar refractivity (Wildman–Crippen MR) is 123 cm³/mol. The molecular weight excluding hydrogens is 384 g/mol. The summed E-state index contributed by atoms with van der Waals surface area (Å²) in [5.74, 6) is 3.27. The van der Waals surface area contributed by atoms with E-state index in [9.17, 15) is 4.79 Å². The molecule has 1 spiro atoms. The van der Waals surface area contributed by atoms with Crippen molar-refractivity contribution >= 4 is 11.7 Å². The van der Waals surface area contributed by atoms with Crippen LogP contribution in [0.3, 0.4) is 0 Å². The molecule has 0 amide bonds. The van der Waals surface area contributed by atoms with Crippen molar-refractivity contribution in [3.8, 4) is 23.6 Å². The standard InChI is InChI=1S/C26H26N4O/c1-4-19(3)14-24(31)20(5-2)9-10-22-17-30(18-26(22)11-12-26)25-28-15-21(16-29-25)23-8-6-7-13-27-23/h2,4,6-10,13,15-16H,11-12,14,17-18H2,1,3H3/b19-4+,20-9+,22-10+. The highest BCUT2D eigenvalue weighted by atomic mass is 16.1. The molecule has 0 aromatic carbocycles. The summed E-state index contributed by atoms with van der Waals surface area (Å²) in [4.78, 5) is 28.2. The number of pyridine rings is 1. The van der Waals surface area contributed by atoms with Crippen molar-refractivity contribution in [3.63, 3.8) is 0 Å². The summed E-state index contributed by atoms with van der Waals surface area (Å²) in [5.41, 5.74) is 4.68. The molecule has 5 heteroatoms. The second kappa shape index (κ2) is 8.69. The Labute approximate surface area is 183 Å². The first-order valence-electron chi connectivity index (χ1n) is 10.6. The van der Waals surface area contributed by atoms with E-state index in [1.807, 2.05) is 62.7 Å². The summed E-state index contributed by atoms with van der Waals surface area (Å²) >= 11 is 0. The SMILES string of the molecule is C#C/C(=C\C=C1/CN(c2ncc(-c3ccccn3)cn2)CC12CC2)C(=O)C/C(C)=C/C. The first kappa shape index (κ1) is 20.7. The average Bonchev–Trinajstić information content (AvgIpc) is 3.49. The van der Waals surface area contributed by atoms with Crippen LogP contribution in [0.2, 0.25) is 0 Å². The van der Waals surface area contributed by atoms with Crippen LogP contribution in [0.25, 0.3) is 11.3 Å². The molecule has 2 aliphatic rings. The van der Waals surface area contributed by atoms with Crippen molar-refractivity contribution in [3.05, 3.63) is 71.7 Å². The number of rotatable bonds is 6. The van der Waals surface area contributed by atoms with E-state index in [0.29, 0.717) is 12.0 Å². The number of hydrogen-bond donors (Lipinski definition) is 0. The van der Waals surface area contributed by atoms with Gasteiger partial charge in [-0.25, -0.2) is 9.97 Å². The van der Waals surface area contributed by atoms with Crippen molar-refractivity contribution in [2.24, 2.45) is 5.41 Å². The van der Waals surface area contributed by atoms with Gasteiger partial charge in [-0.2, -0.15) is 0 Å². The number of anilines is 1. The molecule has 0 atom stereocenters. The van der Waals surface area contributed by atoms with Crippen LogP contribution in [0.15, 0.2) is 71.7 Å². The Balaban J connectivity index is 1.51. The molecule has 1 saturated heterocycles. The Hall–Kier alpha value is -3.52. The fourth-order valence-electron chi connectivity index (χ4n) is 3.90. The number of Topliss-reactive ketones (excluding diaryl/α,β-unsaturated/α-hetero) is 1. The quantitative estimate of drug-likeness (QED) is 0.397. The maximum absolute atomic E-state index is 12.4. The van der Waals surface area contributed by atoms with E-state index in [0.717, 1.165) is 48.7 Å². The third-order valence-corrected chi connectivity index (χ3v) is 6.11. The molecule has 2 aromatic heterocycles. The van der Waals surface area contributed by atoms with E-state index < -0.39 is 0 Å². The highest BCUT2D eigenvalue weighted by Crippen LogP contribution is 2.56. The van der Waals surface area contributed by atoms with Crippen molar-refractivity contribution in [1.82, 2.24) is 15.0 Å². The maximum atomic E-state index is 12.4. The van der Waals surface area contributed by atoms with E-state index in [1.165, 1.54) is 5.57 Å². The summed E-state index contributed by atoms with van der Waals surface area (Å²) in [6.45, 7) is 5.52. The Morgan fingerprint density at radius 3 is 2.65 bits per heavy atom. The summed E-state index contributed by atoms with van der Waals surface area (Å²) in [6, 6.07) is 5.79. The Morgan fingerprint density at radius 2 is 2.03 bits per heavy atom. The van der Waals surface area contributed by atoms with Crippen LogP contribution in [0.4, 0.5) is 5.95 Å². The number of carbonyl (C=O) groups is 1. The highest BCUT2D eigenvalue weighted by molar-refractivity contribution is 6.01. The minimum atomic E-state index is -0.0110. The van der Waals surface area contributed by atoms with Gasteiger partial charge in [0.05, 0.1) is 11.3 Å². The molecule has 1 aliphatic heterocycles. The molecule has 1 aliphatic carbocycles. The predicted octanol–water partition coefficient (Wildman–Crippen LogP) is 4.55. The highest BCUT2D eigenvalue weighted by Gasteiger charge is 2.51. The molecule has 0 radical (unpaired) electrons. The Bertz CT molecular complexity index is 1100. The monoisotopic (exact) mass is 410 g/mol. The van der Waals surface area contributed by atoms with Crippen LogP contribution in [-0.4, -0.2) is 33.8 Å². The van der Waals surface area contributed by atoms with Gasteiger partial charge in [0.1, 0.15) is 0 Å². The minimum absolute atomic E-state index is 0.0110. The number of terminal acetylenes is 1. The van der Waals surface area contributed by atoms with E-state index in [-0.39, 0.29) is 11.2 Å². The molecule has 31 heavy (non-hydrogen) atoms. The smallest absolute Gasteiger partial charge is 0.225 e. The van der Waals surface area contributed by atoms with Gasteiger partial charge in [-0.15, -0.1) is 6.42 Å². The summed E-state index contributed by atoms with van der Waals surface area (Å²) in [6.07, 6.45) is 19.5. The van der Waals surface area contributed by atoms with E-state index in [4.69, 9.17) is 6.42 Å². The number of aromatic nitrogens is 3. The first-order valence-corrected chi connectivity index (χ1v) is 10.6. The van der Waals surface area contributed by atoms with E-state index in [1.54, 1.807) is 6.20 Å². The van der Waals surface area contributed by atoms with Gasteiger partial charge >= 0.3 is 0 Å². The second-order valence-electron chi connectivity index (χ2n) is 8.27. The lowest BCUT2D eigenvalue weighted by molar-refractivity contribution is -0.114. The van der Waals surface area contributed by atoms with Gasteiger partial charge in [0.25, 0.3) is 0 Å². The van der Waals surface area contributed by atoms with Crippen LogP contribution in [0.1, 0.15) is 33.1 Å².